The van der Waals surface area contributed by atoms with Crippen molar-refractivity contribution in [3.8, 4) is 11.6 Å². The lowest BCUT2D eigenvalue weighted by molar-refractivity contribution is 0.318. The molecule has 1 heterocycles. The van der Waals surface area contributed by atoms with Gasteiger partial charge in [-0.1, -0.05) is 25.1 Å². The molecule has 1 aromatic heterocycles. The Balaban J connectivity index is 2.17. The number of hydrogen-bond acceptors (Lipinski definition) is 4. The number of benzene rings is 1. The van der Waals surface area contributed by atoms with Gasteiger partial charge in [0.05, 0.1) is 0 Å². The average molecular weight is 285 g/mol. The quantitative estimate of drug-likeness (QED) is 0.390. The first-order valence-electron chi connectivity index (χ1n) is 6.73. The molecule has 0 fully saturated rings. The van der Waals surface area contributed by atoms with Gasteiger partial charge < -0.3 is 15.7 Å². The lowest BCUT2D eigenvalue weighted by atomic mass is 9.98. The van der Waals surface area contributed by atoms with Crippen LogP contribution in [0.4, 0.5) is 0 Å². The van der Waals surface area contributed by atoms with Gasteiger partial charge in [-0.15, -0.1) is 0 Å². The molecule has 0 bridgehead atoms. The Morgan fingerprint density at radius 1 is 1.29 bits per heavy atom. The number of aromatic nitrogens is 1. The Bertz CT molecular complexity index is 649. The maximum Gasteiger partial charge on any atom is 0.219 e. The van der Waals surface area contributed by atoms with Crippen molar-refractivity contribution in [2.75, 3.05) is 0 Å². The van der Waals surface area contributed by atoms with Gasteiger partial charge in [0, 0.05) is 17.8 Å². The Hall–Kier alpha value is -2.56. The fourth-order valence-corrected chi connectivity index (χ4v) is 2.13. The number of nitrogens with two attached hydrogens (primary N) is 1. The van der Waals surface area contributed by atoms with Crippen LogP contribution in [0.25, 0.3) is 0 Å². The van der Waals surface area contributed by atoms with Crippen LogP contribution in [-0.2, 0) is 0 Å². The highest BCUT2D eigenvalue weighted by atomic mass is 16.5. The number of pyridine rings is 1. The van der Waals surface area contributed by atoms with Crippen LogP contribution in [0.5, 0.6) is 11.6 Å². The summed E-state index contributed by atoms with van der Waals surface area (Å²) in [7, 11) is 0. The summed E-state index contributed by atoms with van der Waals surface area (Å²) < 4.78 is 5.71. The zero-order valence-corrected chi connectivity index (χ0v) is 12.4. The van der Waals surface area contributed by atoms with E-state index in [2.05, 4.69) is 37.0 Å². The Morgan fingerprint density at radius 3 is 2.57 bits per heavy atom. The minimum Gasteiger partial charge on any atom is -0.439 e. The maximum absolute atomic E-state index is 8.60. The highest BCUT2D eigenvalue weighted by Crippen LogP contribution is 2.26. The molecule has 2 aromatic rings. The fourth-order valence-electron chi connectivity index (χ4n) is 2.13. The molecule has 0 atom stereocenters. The largest absolute Gasteiger partial charge is 0.439 e. The molecule has 110 valence electrons. The number of aryl methyl sites for hydroxylation is 1. The van der Waals surface area contributed by atoms with Crippen LogP contribution in [-0.4, -0.2) is 16.0 Å². The van der Waals surface area contributed by atoms with Crippen molar-refractivity contribution in [3.05, 3.63) is 53.2 Å². The summed E-state index contributed by atoms with van der Waals surface area (Å²) in [5, 5.41) is 11.5. The molecule has 1 aromatic carbocycles. The van der Waals surface area contributed by atoms with Crippen LogP contribution >= 0.6 is 0 Å². The van der Waals surface area contributed by atoms with Crippen molar-refractivity contribution in [2.45, 2.75) is 26.7 Å². The van der Waals surface area contributed by atoms with Crippen molar-refractivity contribution in [2.24, 2.45) is 10.9 Å². The third-order valence-electron chi connectivity index (χ3n) is 3.23. The second-order valence-electron chi connectivity index (χ2n) is 5.15. The monoisotopic (exact) mass is 285 g/mol. The zero-order chi connectivity index (χ0) is 15.4. The molecule has 0 spiro atoms. The molecule has 5 nitrogen and oxygen atoms in total. The summed E-state index contributed by atoms with van der Waals surface area (Å²) in [6.07, 6.45) is 1.50. The van der Waals surface area contributed by atoms with Gasteiger partial charge in [0.1, 0.15) is 5.75 Å². The molecule has 0 saturated heterocycles. The third kappa shape index (κ3) is 3.51. The van der Waals surface area contributed by atoms with E-state index >= 15 is 0 Å². The number of oxime groups is 1. The summed E-state index contributed by atoms with van der Waals surface area (Å²) in [5.74, 6) is 1.70. The Kier molecular flexibility index (Phi) is 4.42. The van der Waals surface area contributed by atoms with Crippen LogP contribution in [0.15, 0.2) is 41.7 Å². The van der Waals surface area contributed by atoms with Gasteiger partial charge in [-0.2, -0.15) is 0 Å². The smallest absolute Gasteiger partial charge is 0.219 e. The van der Waals surface area contributed by atoms with E-state index in [0.717, 1.165) is 5.75 Å². The van der Waals surface area contributed by atoms with Gasteiger partial charge in [-0.05, 0) is 42.2 Å². The molecule has 0 unspecified atom stereocenters. The summed E-state index contributed by atoms with van der Waals surface area (Å²) in [4.78, 5) is 4.14. The number of ether oxygens (including phenoxy) is 1. The number of amidine groups is 1. The van der Waals surface area contributed by atoms with E-state index in [0.29, 0.717) is 17.4 Å². The van der Waals surface area contributed by atoms with Gasteiger partial charge in [0.15, 0.2) is 5.84 Å². The van der Waals surface area contributed by atoms with E-state index in [9.17, 15) is 0 Å². The normalized spacial score (nSPS) is 11.7. The van der Waals surface area contributed by atoms with Crippen LogP contribution in [0.3, 0.4) is 0 Å². The molecule has 0 amide bonds. The number of hydrogen-bond donors (Lipinski definition) is 2. The zero-order valence-electron chi connectivity index (χ0n) is 12.4. The van der Waals surface area contributed by atoms with Crippen molar-refractivity contribution in [3.63, 3.8) is 0 Å². The van der Waals surface area contributed by atoms with Gasteiger partial charge in [0.2, 0.25) is 5.88 Å². The van der Waals surface area contributed by atoms with Crippen molar-refractivity contribution in [1.29, 1.82) is 0 Å². The van der Waals surface area contributed by atoms with Gasteiger partial charge in [-0.3, -0.25) is 0 Å². The third-order valence-corrected chi connectivity index (χ3v) is 3.23. The molecule has 21 heavy (non-hydrogen) atoms. The van der Waals surface area contributed by atoms with Gasteiger partial charge >= 0.3 is 0 Å². The summed E-state index contributed by atoms with van der Waals surface area (Å²) in [6.45, 7) is 6.39. The van der Waals surface area contributed by atoms with E-state index in [1.165, 1.54) is 17.3 Å². The first-order valence-corrected chi connectivity index (χ1v) is 6.73. The molecule has 0 aliphatic carbocycles. The Morgan fingerprint density at radius 2 is 2.05 bits per heavy atom. The highest BCUT2D eigenvalue weighted by Gasteiger charge is 2.06. The predicted octanol–water partition coefficient (Wildman–Crippen LogP) is 3.40. The average Bonchev–Trinajstić information content (AvgIpc) is 2.47. The second-order valence-corrected chi connectivity index (χ2v) is 5.15. The molecule has 0 aliphatic rings. The number of nitrogens with zero attached hydrogens (tertiary/aromatic N) is 2. The summed E-state index contributed by atoms with van der Waals surface area (Å²) in [5.41, 5.74) is 8.51. The standard InChI is InChI=1S/C16H19N3O2/c1-10(2)14-6-5-13(8-11(14)3)21-15-7-4-12(9-18-15)16(17)19-20/h4-10,20H,1-3H3,(H2,17,19). The van der Waals surface area contributed by atoms with Gasteiger partial charge in [-0.25, -0.2) is 4.98 Å². The maximum atomic E-state index is 8.60. The fraction of sp³-hybridized carbons (Fsp3) is 0.250. The predicted molar refractivity (Wildman–Crippen MR) is 82.1 cm³/mol. The van der Waals surface area contributed by atoms with Crippen LogP contribution < -0.4 is 10.5 Å². The summed E-state index contributed by atoms with van der Waals surface area (Å²) >= 11 is 0. The van der Waals surface area contributed by atoms with E-state index in [4.69, 9.17) is 15.7 Å². The van der Waals surface area contributed by atoms with Crippen LogP contribution in [0.1, 0.15) is 36.5 Å². The molecule has 3 N–H and O–H groups in total. The second kappa shape index (κ2) is 6.26. The van der Waals surface area contributed by atoms with E-state index in [-0.39, 0.29) is 5.84 Å². The lowest BCUT2D eigenvalue weighted by Gasteiger charge is -2.12. The molecular formula is C16H19N3O2. The van der Waals surface area contributed by atoms with Gasteiger partial charge in [0.25, 0.3) is 0 Å². The van der Waals surface area contributed by atoms with Crippen LogP contribution in [0, 0.1) is 6.92 Å². The molecular weight excluding hydrogens is 266 g/mol. The first-order chi connectivity index (χ1) is 10.0. The topological polar surface area (TPSA) is 80.7 Å². The van der Waals surface area contributed by atoms with Crippen molar-refractivity contribution >= 4 is 5.84 Å². The van der Waals surface area contributed by atoms with E-state index in [1.807, 2.05) is 12.1 Å². The van der Waals surface area contributed by atoms with Crippen molar-refractivity contribution < 1.29 is 9.94 Å². The SMILES string of the molecule is Cc1cc(Oc2ccc(/C(N)=N/O)cn2)ccc1C(C)C. The molecule has 0 radical (unpaired) electrons. The molecule has 5 heteroatoms. The highest BCUT2D eigenvalue weighted by molar-refractivity contribution is 5.96. The lowest BCUT2D eigenvalue weighted by Crippen LogP contribution is -2.13. The van der Waals surface area contributed by atoms with E-state index in [1.54, 1.807) is 12.1 Å². The van der Waals surface area contributed by atoms with Crippen LogP contribution in [0.2, 0.25) is 0 Å². The summed E-state index contributed by atoms with van der Waals surface area (Å²) in [6, 6.07) is 9.36. The minimum atomic E-state index is 0.0196. The minimum absolute atomic E-state index is 0.0196. The number of rotatable bonds is 4. The first kappa shape index (κ1) is 14.8. The molecule has 0 aliphatic heterocycles. The molecule has 0 saturated carbocycles. The van der Waals surface area contributed by atoms with E-state index < -0.39 is 0 Å². The molecule has 2 rings (SSSR count). The van der Waals surface area contributed by atoms with Crippen molar-refractivity contribution in [1.82, 2.24) is 4.98 Å². The Labute approximate surface area is 124 Å².